The van der Waals surface area contributed by atoms with E-state index in [4.69, 9.17) is 15.5 Å². The Bertz CT molecular complexity index is 1300. The van der Waals surface area contributed by atoms with Crippen molar-refractivity contribution in [3.05, 3.63) is 77.6 Å². The van der Waals surface area contributed by atoms with E-state index in [0.717, 1.165) is 23.1 Å². The number of hydrogen-bond donors (Lipinski definition) is 1. The molecule has 0 spiro atoms. The summed E-state index contributed by atoms with van der Waals surface area (Å²) < 4.78 is 6.16. The van der Waals surface area contributed by atoms with Gasteiger partial charge >= 0.3 is 0 Å². The third-order valence-electron chi connectivity index (χ3n) is 9.39. The highest BCUT2D eigenvalue weighted by molar-refractivity contribution is 6.09. The number of benzene rings is 2. The molecule has 3 aliphatic rings. The Kier molecular flexibility index (Phi) is 7.88. The van der Waals surface area contributed by atoms with Crippen LogP contribution in [0.2, 0.25) is 0 Å². The van der Waals surface area contributed by atoms with Gasteiger partial charge in [0.25, 0.3) is 0 Å². The van der Waals surface area contributed by atoms with Gasteiger partial charge in [-0.25, -0.2) is 9.98 Å². The number of nitrogen functional groups attached to an aromatic ring is 1. The molecule has 2 aromatic carbocycles. The average Bonchev–Trinajstić information content (AvgIpc) is 2.97. The summed E-state index contributed by atoms with van der Waals surface area (Å²) in [5, 5.41) is 0. The third kappa shape index (κ3) is 6.07. The van der Waals surface area contributed by atoms with E-state index in [-0.39, 0.29) is 0 Å². The standard InChI is InChI=1S/C34H43N5O/c1-34(2)31(38-30-32(35)36-23-37-33(30)40-34)29-14-12-28(13-15-29)27-10-8-24(9-11-27)16-19-39-20-17-26(18-21-39)22-25-6-4-3-5-7-25/h3-7,12-15,23-24,26-27H,8-11,16-22H2,1-2H3,(H2,35,36,37). The number of anilines is 1. The number of piperidine rings is 1. The van der Waals surface area contributed by atoms with E-state index in [1.807, 2.05) is 13.8 Å². The maximum Gasteiger partial charge on any atom is 0.246 e. The minimum atomic E-state index is -0.593. The maximum absolute atomic E-state index is 6.16. The van der Waals surface area contributed by atoms with Crippen LogP contribution in [0.1, 0.15) is 81.4 Å². The van der Waals surface area contributed by atoms with Crippen LogP contribution in [0.15, 0.2) is 65.9 Å². The summed E-state index contributed by atoms with van der Waals surface area (Å²) in [6.45, 7) is 7.88. The number of aromatic nitrogens is 2. The van der Waals surface area contributed by atoms with Crippen molar-refractivity contribution in [2.45, 2.75) is 76.7 Å². The Morgan fingerprint density at radius 3 is 2.33 bits per heavy atom. The van der Waals surface area contributed by atoms with E-state index in [0.29, 0.717) is 23.3 Å². The van der Waals surface area contributed by atoms with Gasteiger partial charge in [-0.1, -0.05) is 54.6 Å². The lowest BCUT2D eigenvalue weighted by Gasteiger charge is -2.34. The van der Waals surface area contributed by atoms with Crippen LogP contribution < -0.4 is 10.5 Å². The predicted octanol–water partition coefficient (Wildman–Crippen LogP) is 6.97. The molecule has 0 bridgehead atoms. The molecule has 6 nitrogen and oxygen atoms in total. The van der Waals surface area contributed by atoms with Crippen molar-refractivity contribution in [1.29, 1.82) is 0 Å². The second-order valence-electron chi connectivity index (χ2n) is 12.6. The van der Waals surface area contributed by atoms with Gasteiger partial charge in [-0.3, -0.25) is 0 Å². The van der Waals surface area contributed by atoms with Gasteiger partial charge in [0, 0.05) is 5.56 Å². The van der Waals surface area contributed by atoms with Crippen LogP contribution in [-0.4, -0.2) is 45.8 Å². The van der Waals surface area contributed by atoms with Gasteiger partial charge in [0.1, 0.15) is 11.9 Å². The van der Waals surface area contributed by atoms with Crippen LogP contribution in [0.4, 0.5) is 11.5 Å². The molecular weight excluding hydrogens is 494 g/mol. The van der Waals surface area contributed by atoms with Gasteiger partial charge in [0.15, 0.2) is 11.5 Å². The molecule has 0 radical (unpaired) electrons. The first-order valence-electron chi connectivity index (χ1n) is 15.2. The molecule has 6 rings (SSSR count). The van der Waals surface area contributed by atoms with Crippen molar-refractivity contribution in [3.63, 3.8) is 0 Å². The lowest BCUT2D eigenvalue weighted by molar-refractivity contribution is 0.165. The first-order chi connectivity index (χ1) is 19.4. The highest BCUT2D eigenvalue weighted by Crippen LogP contribution is 2.40. The third-order valence-corrected chi connectivity index (χ3v) is 9.39. The van der Waals surface area contributed by atoms with Crippen LogP contribution in [0, 0.1) is 11.8 Å². The Hall–Kier alpha value is -3.25. The summed E-state index contributed by atoms with van der Waals surface area (Å²) >= 11 is 0. The maximum atomic E-state index is 6.16. The number of fused-ring (bicyclic) bond motifs is 1. The van der Waals surface area contributed by atoms with Gasteiger partial charge in [-0.15, -0.1) is 0 Å². The van der Waals surface area contributed by atoms with Crippen molar-refractivity contribution in [1.82, 2.24) is 14.9 Å². The molecule has 1 aliphatic carbocycles. The molecule has 2 fully saturated rings. The van der Waals surface area contributed by atoms with Gasteiger partial charge in [0.2, 0.25) is 5.88 Å². The monoisotopic (exact) mass is 537 g/mol. The summed E-state index contributed by atoms with van der Waals surface area (Å²) in [4.78, 5) is 15.9. The van der Waals surface area contributed by atoms with Crippen LogP contribution in [0.3, 0.4) is 0 Å². The van der Waals surface area contributed by atoms with E-state index in [1.165, 1.54) is 88.5 Å². The molecule has 3 heterocycles. The molecule has 0 atom stereocenters. The smallest absolute Gasteiger partial charge is 0.246 e. The number of rotatable bonds is 7. The van der Waals surface area contributed by atoms with E-state index in [2.05, 4.69) is 69.5 Å². The zero-order chi connectivity index (χ0) is 27.5. The molecule has 6 heteroatoms. The van der Waals surface area contributed by atoms with Crippen molar-refractivity contribution in [3.8, 4) is 5.88 Å². The van der Waals surface area contributed by atoms with Crippen LogP contribution in [0.5, 0.6) is 5.88 Å². The van der Waals surface area contributed by atoms with Gasteiger partial charge in [-0.2, -0.15) is 4.98 Å². The van der Waals surface area contributed by atoms with E-state index in [1.54, 1.807) is 0 Å². The zero-order valence-electron chi connectivity index (χ0n) is 24.1. The molecule has 0 amide bonds. The fourth-order valence-electron chi connectivity index (χ4n) is 6.93. The molecule has 2 N–H and O–H groups in total. The minimum absolute atomic E-state index is 0.346. The Balaban J connectivity index is 0.977. The molecule has 1 saturated carbocycles. The summed E-state index contributed by atoms with van der Waals surface area (Å²) in [5.41, 5.74) is 10.9. The zero-order valence-corrected chi connectivity index (χ0v) is 24.1. The second-order valence-corrected chi connectivity index (χ2v) is 12.6. The first-order valence-corrected chi connectivity index (χ1v) is 15.2. The Labute approximate surface area is 239 Å². The lowest BCUT2D eigenvalue weighted by Crippen LogP contribution is -2.41. The van der Waals surface area contributed by atoms with Crippen LogP contribution in [0.25, 0.3) is 0 Å². The fraction of sp³-hybridized carbons (Fsp3) is 0.500. The number of ether oxygens (including phenoxy) is 1. The highest BCUT2D eigenvalue weighted by atomic mass is 16.5. The normalized spacial score (nSPS) is 23.2. The van der Waals surface area contributed by atoms with Crippen molar-refractivity contribution < 1.29 is 4.74 Å². The van der Waals surface area contributed by atoms with Crippen LogP contribution >= 0.6 is 0 Å². The number of nitrogens with zero attached hydrogens (tertiary/aromatic N) is 4. The predicted molar refractivity (Wildman–Crippen MR) is 162 cm³/mol. The number of hydrogen-bond acceptors (Lipinski definition) is 6. The Morgan fingerprint density at radius 1 is 0.875 bits per heavy atom. The largest absolute Gasteiger partial charge is 0.463 e. The van der Waals surface area contributed by atoms with E-state index >= 15 is 0 Å². The van der Waals surface area contributed by atoms with Gasteiger partial charge in [0.05, 0.1) is 5.71 Å². The van der Waals surface area contributed by atoms with Crippen molar-refractivity contribution >= 4 is 17.2 Å². The number of likely N-dealkylation sites (tertiary alicyclic amines) is 1. The average molecular weight is 538 g/mol. The van der Waals surface area contributed by atoms with E-state index < -0.39 is 5.60 Å². The summed E-state index contributed by atoms with van der Waals surface area (Å²) in [7, 11) is 0. The lowest BCUT2D eigenvalue weighted by atomic mass is 9.77. The molecule has 1 aromatic heterocycles. The first kappa shape index (κ1) is 26.9. The SMILES string of the molecule is CC1(C)Oc2ncnc(N)c2N=C1c1ccc(C2CCC(CCN3CCC(Cc4ccccc4)CC3)CC2)cc1. The quantitative estimate of drug-likeness (QED) is 0.352. The van der Waals surface area contributed by atoms with Gasteiger partial charge < -0.3 is 15.4 Å². The van der Waals surface area contributed by atoms with Crippen molar-refractivity contribution in [2.75, 3.05) is 25.4 Å². The molecule has 2 aliphatic heterocycles. The molecule has 0 unspecified atom stereocenters. The van der Waals surface area contributed by atoms with Crippen molar-refractivity contribution in [2.24, 2.45) is 16.8 Å². The van der Waals surface area contributed by atoms with Gasteiger partial charge in [-0.05, 0) is 114 Å². The topological polar surface area (TPSA) is 76.6 Å². The molecule has 210 valence electrons. The number of nitrogens with two attached hydrogens (primary N) is 1. The van der Waals surface area contributed by atoms with Crippen LogP contribution in [-0.2, 0) is 6.42 Å². The second kappa shape index (κ2) is 11.7. The molecular formula is C34H43N5O. The van der Waals surface area contributed by atoms with E-state index in [9.17, 15) is 0 Å². The molecule has 1 saturated heterocycles. The fourth-order valence-corrected chi connectivity index (χ4v) is 6.93. The summed E-state index contributed by atoms with van der Waals surface area (Å²) in [6.07, 6.45) is 12.0. The summed E-state index contributed by atoms with van der Waals surface area (Å²) in [6, 6.07) is 20.0. The minimum Gasteiger partial charge on any atom is -0.463 e. The molecule has 3 aromatic rings. The Morgan fingerprint density at radius 2 is 1.60 bits per heavy atom. The summed E-state index contributed by atoms with van der Waals surface area (Å²) in [5.74, 6) is 3.18. The molecule has 40 heavy (non-hydrogen) atoms. The number of aliphatic imine (C=N–C) groups is 1. The highest BCUT2D eigenvalue weighted by Gasteiger charge is 2.35.